The maximum absolute atomic E-state index is 12.9. The van der Waals surface area contributed by atoms with E-state index in [1.54, 1.807) is 66.7 Å². The molecular weight excluding hydrogens is 368 g/mol. The molecule has 3 rings (SSSR count). The van der Waals surface area contributed by atoms with Crippen LogP contribution in [0, 0.1) is 18.3 Å². The number of benzene rings is 2. The second-order valence-electron chi connectivity index (χ2n) is 5.72. The Morgan fingerprint density at radius 3 is 2.35 bits per heavy atom. The van der Waals surface area contributed by atoms with Crippen molar-refractivity contribution >= 4 is 33.3 Å². The highest BCUT2D eigenvalue weighted by Gasteiger charge is 2.18. The fourth-order valence-electron chi connectivity index (χ4n) is 2.49. The average molecular weight is 383 g/mol. The summed E-state index contributed by atoms with van der Waals surface area (Å²) in [5.74, 6) is 0. The molecule has 130 valence electrons. The Morgan fingerprint density at radius 1 is 1.08 bits per heavy atom. The first-order valence-electron chi connectivity index (χ1n) is 7.79. The van der Waals surface area contributed by atoms with E-state index in [9.17, 15) is 13.7 Å². The zero-order valence-corrected chi connectivity index (χ0v) is 15.5. The number of aromatic nitrogens is 1. The molecule has 0 aliphatic rings. The highest BCUT2D eigenvalue weighted by Crippen LogP contribution is 2.23. The van der Waals surface area contributed by atoms with E-state index in [0.29, 0.717) is 21.9 Å². The van der Waals surface area contributed by atoms with Gasteiger partial charge in [0.05, 0.1) is 22.2 Å². The van der Waals surface area contributed by atoms with Gasteiger partial charge in [0.2, 0.25) is 0 Å². The molecule has 0 bridgehead atoms. The Bertz CT molecular complexity index is 1100. The molecule has 0 amide bonds. The van der Waals surface area contributed by atoms with Crippen LogP contribution in [0.25, 0.3) is 11.6 Å². The number of hydrogen-bond acceptors (Lipinski definition) is 3. The van der Waals surface area contributed by atoms with E-state index in [4.69, 9.17) is 11.6 Å². The number of nitrogens with zero attached hydrogens (tertiary/aromatic N) is 2. The number of aryl methyl sites for hydroxylation is 1. The largest absolute Gasteiger partial charge is 0.268 e. The minimum absolute atomic E-state index is 0.193. The maximum atomic E-state index is 12.9. The summed E-state index contributed by atoms with van der Waals surface area (Å²) >= 11 is 5.88. The first kappa shape index (κ1) is 18.0. The molecule has 0 radical (unpaired) electrons. The highest BCUT2D eigenvalue weighted by atomic mass is 35.5. The third-order valence-electron chi connectivity index (χ3n) is 3.89. The van der Waals surface area contributed by atoms with E-state index in [1.807, 2.05) is 6.92 Å². The lowest BCUT2D eigenvalue weighted by Gasteiger charge is -2.09. The zero-order valence-electron chi connectivity index (χ0n) is 13.9. The SMILES string of the molecule is Cc1ccc(S(=O)(=O)n2cccc2/C=C(\C#N)c2ccc(Cl)cc2)cc1. The Labute approximate surface area is 157 Å². The number of allylic oxidation sites excluding steroid dienone is 1. The van der Waals surface area contributed by atoms with E-state index in [0.717, 1.165) is 5.56 Å². The lowest BCUT2D eigenvalue weighted by Crippen LogP contribution is -2.13. The maximum Gasteiger partial charge on any atom is 0.268 e. The van der Waals surface area contributed by atoms with Gasteiger partial charge in [-0.25, -0.2) is 12.4 Å². The van der Waals surface area contributed by atoms with Crippen LogP contribution in [0.5, 0.6) is 0 Å². The minimum atomic E-state index is -3.74. The van der Waals surface area contributed by atoms with E-state index < -0.39 is 10.0 Å². The third-order valence-corrected chi connectivity index (χ3v) is 5.86. The van der Waals surface area contributed by atoms with Crippen molar-refractivity contribution in [2.45, 2.75) is 11.8 Å². The van der Waals surface area contributed by atoms with Crippen LogP contribution in [0.1, 0.15) is 16.8 Å². The molecule has 3 aromatic rings. The van der Waals surface area contributed by atoms with Gasteiger partial charge in [-0.15, -0.1) is 0 Å². The molecule has 2 aromatic carbocycles. The number of hydrogen-bond donors (Lipinski definition) is 0. The van der Waals surface area contributed by atoms with Crippen LogP contribution in [0.15, 0.2) is 71.8 Å². The van der Waals surface area contributed by atoms with Gasteiger partial charge in [0, 0.05) is 11.2 Å². The van der Waals surface area contributed by atoms with Crippen LogP contribution in [0.4, 0.5) is 0 Å². The zero-order chi connectivity index (χ0) is 18.7. The topological polar surface area (TPSA) is 62.9 Å². The molecule has 6 heteroatoms. The van der Waals surface area contributed by atoms with Gasteiger partial charge in [-0.05, 0) is 55.0 Å². The van der Waals surface area contributed by atoms with Gasteiger partial charge in [-0.3, -0.25) is 0 Å². The van der Waals surface area contributed by atoms with E-state index in [-0.39, 0.29) is 4.90 Å². The smallest absolute Gasteiger partial charge is 0.242 e. The second kappa shape index (κ2) is 7.20. The molecule has 1 heterocycles. The molecule has 26 heavy (non-hydrogen) atoms. The predicted octanol–water partition coefficient (Wildman–Crippen LogP) is 4.75. The van der Waals surface area contributed by atoms with Gasteiger partial charge < -0.3 is 0 Å². The molecule has 0 saturated heterocycles. The average Bonchev–Trinajstić information content (AvgIpc) is 3.10. The van der Waals surface area contributed by atoms with Crippen molar-refractivity contribution < 1.29 is 8.42 Å². The number of halogens is 1. The Hall–Kier alpha value is -2.81. The summed E-state index contributed by atoms with van der Waals surface area (Å²) in [6.45, 7) is 1.89. The van der Waals surface area contributed by atoms with Gasteiger partial charge in [0.15, 0.2) is 0 Å². The summed E-state index contributed by atoms with van der Waals surface area (Å²) in [4.78, 5) is 0.193. The molecule has 0 aliphatic carbocycles. The van der Waals surface area contributed by atoms with Crippen LogP contribution < -0.4 is 0 Å². The molecule has 1 aromatic heterocycles. The summed E-state index contributed by atoms with van der Waals surface area (Å²) in [7, 11) is -3.74. The number of rotatable bonds is 4. The van der Waals surface area contributed by atoms with Crippen LogP contribution in [-0.4, -0.2) is 12.4 Å². The Balaban J connectivity index is 2.06. The molecule has 0 unspecified atom stereocenters. The lowest BCUT2D eigenvalue weighted by molar-refractivity contribution is 0.587. The first-order chi connectivity index (χ1) is 12.4. The van der Waals surface area contributed by atoms with E-state index in [1.165, 1.54) is 10.2 Å². The molecule has 0 saturated carbocycles. The van der Waals surface area contributed by atoms with Crippen molar-refractivity contribution in [3.05, 3.63) is 88.7 Å². The van der Waals surface area contributed by atoms with Crippen molar-refractivity contribution in [1.29, 1.82) is 5.26 Å². The fraction of sp³-hybridized carbons (Fsp3) is 0.0500. The lowest BCUT2D eigenvalue weighted by atomic mass is 10.1. The molecule has 0 aliphatic heterocycles. The van der Waals surface area contributed by atoms with Crippen molar-refractivity contribution in [2.75, 3.05) is 0 Å². The molecule has 0 atom stereocenters. The van der Waals surface area contributed by atoms with Crippen LogP contribution in [0.3, 0.4) is 0 Å². The summed E-state index contributed by atoms with van der Waals surface area (Å²) in [5, 5.41) is 10.0. The Kier molecular flexibility index (Phi) is 4.99. The standard InChI is InChI=1S/C20H15ClN2O2S/c1-15-4-10-20(11-5-15)26(24,25)23-12-2-3-19(23)13-17(14-22)16-6-8-18(21)9-7-16/h2-13H,1H3/b17-13+. The number of nitriles is 1. The Morgan fingerprint density at radius 2 is 1.73 bits per heavy atom. The van der Waals surface area contributed by atoms with Crippen molar-refractivity contribution in [3.8, 4) is 6.07 Å². The highest BCUT2D eigenvalue weighted by molar-refractivity contribution is 7.90. The predicted molar refractivity (Wildman–Crippen MR) is 103 cm³/mol. The van der Waals surface area contributed by atoms with Gasteiger partial charge in [-0.2, -0.15) is 5.26 Å². The second-order valence-corrected chi connectivity index (χ2v) is 7.98. The first-order valence-corrected chi connectivity index (χ1v) is 9.61. The minimum Gasteiger partial charge on any atom is -0.242 e. The third kappa shape index (κ3) is 3.57. The summed E-state index contributed by atoms with van der Waals surface area (Å²) in [6.07, 6.45) is 3.02. The van der Waals surface area contributed by atoms with E-state index >= 15 is 0 Å². The van der Waals surface area contributed by atoms with Gasteiger partial charge >= 0.3 is 0 Å². The van der Waals surface area contributed by atoms with Crippen molar-refractivity contribution in [1.82, 2.24) is 3.97 Å². The van der Waals surface area contributed by atoms with Gasteiger partial charge in [-0.1, -0.05) is 41.4 Å². The summed E-state index contributed by atoms with van der Waals surface area (Å²) in [5.41, 5.74) is 2.39. The molecule has 0 spiro atoms. The van der Waals surface area contributed by atoms with Gasteiger partial charge in [0.1, 0.15) is 0 Å². The molecular formula is C20H15ClN2O2S. The van der Waals surface area contributed by atoms with Crippen LogP contribution >= 0.6 is 11.6 Å². The normalized spacial score (nSPS) is 12.0. The summed E-state index contributed by atoms with van der Waals surface area (Å²) in [6, 6.07) is 18.9. The molecule has 0 fully saturated rings. The van der Waals surface area contributed by atoms with Crippen molar-refractivity contribution in [3.63, 3.8) is 0 Å². The molecule has 0 N–H and O–H groups in total. The monoisotopic (exact) mass is 382 g/mol. The van der Waals surface area contributed by atoms with Crippen molar-refractivity contribution in [2.24, 2.45) is 0 Å². The van der Waals surface area contributed by atoms with E-state index in [2.05, 4.69) is 6.07 Å². The fourth-order valence-corrected chi connectivity index (χ4v) is 3.95. The summed E-state index contributed by atoms with van der Waals surface area (Å²) < 4.78 is 27.0. The molecule has 4 nitrogen and oxygen atoms in total. The van der Waals surface area contributed by atoms with Crippen LogP contribution in [-0.2, 0) is 10.0 Å². The van der Waals surface area contributed by atoms with Gasteiger partial charge in [0.25, 0.3) is 10.0 Å². The van der Waals surface area contributed by atoms with Crippen LogP contribution in [0.2, 0.25) is 5.02 Å². The quantitative estimate of drug-likeness (QED) is 0.611.